The van der Waals surface area contributed by atoms with E-state index in [-0.39, 0.29) is 6.42 Å². The molecule has 1 rings (SSSR count). The lowest BCUT2D eigenvalue weighted by Crippen LogP contribution is -2.42. The Morgan fingerprint density at radius 3 is 2.21 bits per heavy atom. The van der Waals surface area contributed by atoms with Gasteiger partial charge in [0, 0.05) is 0 Å². The normalized spacial score (nSPS) is 11.6. The molecule has 0 spiro atoms. The van der Waals surface area contributed by atoms with Gasteiger partial charge in [-0.2, -0.15) is 0 Å². The molecule has 0 aliphatic carbocycles. The molecule has 6 nitrogen and oxygen atoms in total. The molecule has 0 heterocycles. The van der Waals surface area contributed by atoms with Crippen molar-refractivity contribution in [2.75, 3.05) is 0 Å². The van der Waals surface area contributed by atoms with Crippen LogP contribution in [0.4, 0.5) is 0 Å². The van der Waals surface area contributed by atoms with Crippen LogP contribution in [-0.2, 0) is 20.8 Å². The SMILES string of the molecule is Cc1ccc(CC(=O)N[C@H](CC(=O)O)C(=O)O)cc1. The van der Waals surface area contributed by atoms with Crippen molar-refractivity contribution >= 4 is 17.8 Å². The van der Waals surface area contributed by atoms with Crippen molar-refractivity contribution in [1.29, 1.82) is 0 Å². The maximum atomic E-state index is 11.6. The summed E-state index contributed by atoms with van der Waals surface area (Å²) >= 11 is 0. The monoisotopic (exact) mass is 265 g/mol. The second kappa shape index (κ2) is 6.53. The first kappa shape index (κ1) is 14.7. The number of rotatable bonds is 6. The number of carboxylic acids is 2. The van der Waals surface area contributed by atoms with Crippen LogP contribution in [-0.4, -0.2) is 34.1 Å². The van der Waals surface area contributed by atoms with Gasteiger partial charge in [-0.1, -0.05) is 29.8 Å². The van der Waals surface area contributed by atoms with Gasteiger partial charge in [-0.3, -0.25) is 9.59 Å². The molecule has 0 radical (unpaired) electrons. The van der Waals surface area contributed by atoms with Crippen molar-refractivity contribution in [1.82, 2.24) is 5.32 Å². The molecular formula is C13H15NO5. The van der Waals surface area contributed by atoms with Gasteiger partial charge >= 0.3 is 11.9 Å². The Balaban J connectivity index is 2.59. The number of hydrogen-bond acceptors (Lipinski definition) is 3. The highest BCUT2D eigenvalue weighted by Crippen LogP contribution is 2.04. The second-order valence-corrected chi connectivity index (χ2v) is 4.22. The van der Waals surface area contributed by atoms with Crippen LogP contribution < -0.4 is 5.32 Å². The standard InChI is InChI=1S/C13H15NO5/c1-8-2-4-9(5-3-8)6-11(15)14-10(13(18)19)7-12(16)17/h2-5,10H,6-7H2,1H3,(H,14,15)(H,16,17)(H,18,19)/t10-/m1/s1. The average molecular weight is 265 g/mol. The number of nitrogens with one attached hydrogen (secondary N) is 1. The number of aryl methyl sites for hydroxylation is 1. The molecular weight excluding hydrogens is 250 g/mol. The Kier molecular flexibility index (Phi) is 5.05. The molecule has 0 bridgehead atoms. The van der Waals surface area contributed by atoms with Crippen LogP contribution in [0.2, 0.25) is 0 Å². The predicted octanol–water partition coefficient (Wildman–Crippen LogP) is 0.582. The highest BCUT2D eigenvalue weighted by atomic mass is 16.4. The number of aliphatic carboxylic acids is 2. The highest BCUT2D eigenvalue weighted by molar-refractivity contribution is 5.87. The first-order chi connectivity index (χ1) is 8.88. The van der Waals surface area contributed by atoms with Gasteiger partial charge in [-0.05, 0) is 12.5 Å². The minimum Gasteiger partial charge on any atom is -0.481 e. The van der Waals surface area contributed by atoms with Crippen molar-refractivity contribution in [3.8, 4) is 0 Å². The third-order valence-electron chi connectivity index (χ3n) is 2.50. The molecule has 0 unspecified atom stereocenters. The van der Waals surface area contributed by atoms with Crippen molar-refractivity contribution in [2.45, 2.75) is 25.8 Å². The van der Waals surface area contributed by atoms with Gasteiger partial charge in [-0.25, -0.2) is 4.79 Å². The number of carboxylic acid groups (broad SMARTS) is 2. The topological polar surface area (TPSA) is 104 Å². The van der Waals surface area contributed by atoms with E-state index in [1.165, 1.54) is 0 Å². The van der Waals surface area contributed by atoms with Crippen LogP contribution in [0, 0.1) is 6.92 Å². The molecule has 0 aliphatic rings. The molecule has 0 saturated carbocycles. The van der Waals surface area contributed by atoms with Crippen LogP contribution in [0.3, 0.4) is 0 Å². The number of amides is 1. The molecule has 1 aromatic carbocycles. The van der Waals surface area contributed by atoms with Crippen LogP contribution >= 0.6 is 0 Å². The Bertz CT molecular complexity index is 480. The maximum Gasteiger partial charge on any atom is 0.326 e. The minimum atomic E-state index is -1.41. The van der Waals surface area contributed by atoms with Crippen LogP contribution in [0.15, 0.2) is 24.3 Å². The minimum absolute atomic E-state index is 0.0175. The first-order valence-electron chi connectivity index (χ1n) is 5.68. The number of benzene rings is 1. The van der Waals surface area contributed by atoms with Gasteiger partial charge in [0.1, 0.15) is 6.04 Å². The van der Waals surface area contributed by atoms with Crippen molar-refractivity contribution in [3.05, 3.63) is 35.4 Å². The van der Waals surface area contributed by atoms with Gasteiger partial charge in [0.15, 0.2) is 0 Å². The van der Waals surface area contributed by atoms with Gasteiger partial charge in [0.2, 0.25) is 5.91 Å². The van der Waals surface area contributed by atoms with E-state index in [1.807, 2.05) is 19.1 Å². The van der Waals surface area contributed by atoms with E-state index in [1.54, 1.807) is 12.1 Å². The summed E-state index contributed by atoms with van der Waals surface area (Å²) in [4.78, 5) is 32.9. The van der Waals surface area contributed by atoms with Crippen LogP contribution in [0.25, 0.3) is 0 Å². The van der Waals surface area contributed by atoms with E-state index in [4.69, 9.17) is 10.2 Å². The summed E-state index contributed by atoms with van der Waals surface area (Å²) in [5, 5.41) is 19.5. The van der Waals surface area contributed by atoms with Gasteiger partial charge in [0.05, 0.1) is 12.8 Å². The molecule has 3 N–H and O–H groups in total. The fourth-order valence-corrected chi connectivity index (χ4v) is 1.51. The molecule has 19 heavy (non-hydrogen) atoms. The van der Waals surface area contributed by atoms with Crippen LogP contribution in [0.1, 0.15) is 17.5 Å². The lowest BCUT2D eigenvalue weighted by molar-refractivity contribution is -0.147. The summed E-state index contributed by atoms with van der Waals surface area (Å²) in [5.74, 6) is -3.15. The highest BCUT2D eigenvalue weighted by Gasteiger charge is 2.22. The van der Waals surface area contributed by atoms with Gasteiger partial charge < -0.3 is 15.5 Å². The van der Waals surface area contributed by atoms with E-state index in [2.05, 4.69) is 5.32 Å². The average Bonchev–Trinajstić information content (AvgIpc) is 2.30. The summed E-state index contributed by atoms with van der Waals surface area (Å²) in [7, 11) is 0. The van der Waals surface area contributed by atoms with E-state index in [0.717, 1.165) is 11.1 Å². The zero-order valence-corrected chi connectivity index (χ0v) is 10.4. The fraction of sp³-hybridized carbons (Fsp3) is 0.308. The first-order valence-corrected chi connectivity index (χ1v) is 5.68. The number of hydrogen-bond donors (Lipinski definition) is 3. The van der Waals surface area contributed by atoms with Gasteiger partial charge in [-0.15, -0.1) is 0 Å². The Labute approximate surface area is 110 Å². The molecule has 0 aromatic heterocycles. The summed E-state index contributed by atoms with van der Waals surface area (Å²) in [6.45, 7) is 1.91. The van der Waals surface area contributed by atoms with Crippen LogP contribution in [0.5, 0.6) is 0 Å². The van der Waals surface area contributed by atoms with Crippen molar-refractivity contribution in [2.24, 2.45) is 0 Å². The summed E-state index contributed by atoms with van der Waals surface area (Å²) in [5.41, 5.74) is 1.79. The third kappa shape index (κ3) is 5.20. The lowest BCUT2D eigenvalue weighted by Gasteiger charge is -2.12. The third-order valence-corrected chi connectivity index (χ3v) is 2.50. The predicted molar refractivity (Wildman–Crippen MR) is 66.7 cm³/mol. The molecule has 0 fully saturated rings. The van der Waals surface area contributed by atoms with E-state index in [0.29, 0.717) is 0 Å². The zero-order chi connectivity index (χ0) is 14.4. The molecule has 102 valence electrons. The number of carbonyl (C=O) groups excluding carboxylic acids is 1. The largest absolute Gasteiger partial charge is 0.481 e. The van der Waals surface area contributed by atoms with Gasteiger partial charge in [0.25, 0.3) is 0 Å². The number of carbonyl (C=O) groups is 3. The Morgan fingerprint density at radius 2 is 1.74 bits per heavy atom. The molecule has 1 aromatic rings. The maximum absolute atomic E-state index is 11.6. The van der Waals surface area contributed by atoms with Crippen molar-refractivity contribution < 1.29 is 24.6 Å². The Morgan fingerprint density at radius 1 is 1.16 bits per heavy atom. The van der Waals surface area contributed by atoms with E-state index >= 15 is 0 Å². The summed E-state index contributed by atoms with van der Waals surface area (Å²) < 4.78 is 0. The van der Waals surface area contributed by atoms with E-state index < -0.39 is 30.3 Å². The molecule has 0 saturated heterocycles. The van der Waals surface area contributed by atoms with Crippen molar-refractivity contribution in [3.63, 3.8) is 0 Å². The molecule has 6 heteroatoms. The molecule has 1 atom stereocenters. The fourth-order valence-electron chi connectivity index (χ4n) is 1.51. The second-order valence-electron chi connectivity index (χ2n) is 4.22. The summed E-state index contributed by atoms with van der Waals surface area (Å²) in [6.07, 6.45) is -0.626. The smallest absolute Gasteiger partial charge is 0.326 e. The van der Waals surface area contributed by atoms with E-state index in [9.17, 15) is 14.4 Å². The Hall–Kier alpha value is -2.37. The quantitative estimate of drug-likeness (QED) is 0.698. The molecule has 0 aliphatic heterocycles. The lowest BCUT2D eigenvalue weighted by atomic mass is 10.1. The molecule has 1 amide bonds. The zero-order valence-electron chi connectivity index (χ0n) is 10.4. The summed E-state index contributed by atoms with van der Waals surface area (Å²) in [6, 6.07) is 5.81.